The van der Waals surface area contributed by atoms with Gasteiger partial charge in [-0.25, -0.2) is 9.97 Å². The van der Waals surface area contributed by atoms with Gasteiger partial charge in [-0.2, -0.15) is 4.98 Å². The second-order valence-electron chi connectivity index (χ2n) is 3.26. The predicted molar refractivity (Wildman–Crippen MR) is 59.6 cm³/mol. The van der Waals surface area contributed by atoms with Crippen LogP contribution in [-0.4, -0.2) is 24.4 Å². The first-order chi connectivity index (χ1) is 8.13. The summed E-state index contributed by atoms with van der Waals surface area (Å²) in [4.78, 5) is 21.9. The van der Waals surface area contributed by atoms with Gasteiger partial charge in [-0.05, 0) is 0 Å². The molecule has 2 aromatic rings. The van der Waals surface area contributed by atoms with E-state index in [1.807, 2.05) is 6.92 Å². The van der Waals surface area contributed by atoms with Crippen molar-refractivity contribution in [3.8, 4) is 5.82 Å². The summed E-state index contributed by atoms with van der Waals surface area (Å²) in [5.74, 6) is 0.796. The summed E-state index contributed by atoms with van der Waals surface area (Å²) in [5, 5.41) is 10.9. The maximum absolute atomic E-state index is 10.9. The molecular formula is C9H10N6O2. The summed E-state index contributed by atoms with van der Waals surface area (Å²) in [6.45, 7) is 1.90. The van der Waals surface area contributed by atoms with Crippen molar-refractivity contribution < 1.29 is 4.92 Å². The number of aryl methyl sites for hydroxylation is 1. The van der Waals surface area contributed by atoms with Crippen LogP contribution in [0, 0.1) is 10.1 Å². The number of imidazole rings is 1. The van der Waals surface area contributed by atoms with Gasteiger partial charge in [-0.3, -0.25) is 14.7 Å². The summed E-state index contributed by atoms with van der Waals surface area (Å²) < 4.78 is 1.54. The fourth-order valence-electron chi connectivity index (χ4n) is 1.47. The normalized spacial score (nSPS) is 10.4. The minimum absolute atomic E-state index is 0.0126. The average molecular weight is 234 g/mol. The highest BCUT2D eigenvalue weighted by Gasteiger charge is 2.19. The molecule has 0 spiro atoms. The monoisotopic (exact) mass is 234 g/mol. The Morgan fingerprint density at radius 2 is 2.29 bits per heavy atom. The molecule has 17 heavy (non-hydrogen) atoms. The number of nitrogens with two attached hydrogens (primary N) is 1. The minimum atomic E-state index is -0.547. The molecule has 0 fully saturated rings. The van der Waals surface area contributed by atoms with E-state index in [0.29, 0.717) is 12.2 Å². The molecule has 0 radical (unpaired) electrons. The molecule has 0 aromatic carbocycles. The molecule has 0 aliphatic carbocycles. The fourth-order valence-corrected chi connectivity index (χ4v) is 1.47. The van der Waals surface area contributed by atoms with E-state index in [4.69, 9.17) is 5.73 Å². The van der Waals surface area contributed by atoms with Gasteiger partial charge in [0, 0.05) is 18.8 Å². The summed E-state index contributed by atoms with van der Waals surface area (Å²) >= 11 is 0. The zero-order chi connectivity index (χ0) is 12.4. The Labute approximate surface area is 96.3 Å². The summed E-state index contributed by atoms with van der Waals surface area (Å²) in [6, 6.07) is 0. The van der Waals surface area contributed by atoms with Crippen LogP contribution in [0.4, 0.5) is 11.6 Å². The second kappa shape index (κ2) is 4.16. The lowest BCUT2D eigenvalue weighted by atomic mass is 10.4. The maximum atomic E-state index is 10.9. The molecule has 88 valence electrons. The van der Waals surface area contributed by atoms with Crippen molar-refractivity contribution in [2.24, 2.45) is 0 Å². The lowest BCUT2D eigenvalue weighted by Gasteiger charge is -2.06. The third-order valence-corrected chi connectivity index (χ3v) is 2.23. The molecule has 0 amide bonds. The molecular weight excluding hydrogens is 224 g/mol. The van der Waals surface area contributed by atoms with Gasteiger partial charge in [0.15, 0.2) is 0 Å². The number of hydrogen-bond acceptors (Lipinski definition) is 6. The molecule has 0 atom stereocenters. The van der Waals surface area contributed by atoms with Crippen LogP contribution in [0.1, 0.15) is 12.7 Å². The number of nitrogen functional groups attached to an aromatic ring is 1. The number of anilines is 1. The van der Waals surface area contributed by atoms with Gasteiger partial charge in [0.05, 0.1) is 4.92 Å². The SMILES string of the molecule is CCc1nccn1-c1nc(N)ncc1[N+](=O)[O-]. The molecule has 0 unspecified atom stereocenters. The standard InChI is InChI=1S/C9H10N6O2/c1-2-7-11-3-4-14(7)8-6(15(16)17)5-12-9(10)13-8/h3-5H,2H2,1H3,(H2,10,12,13). The Morgan fingerprint density at radius 3 is 2.94 bits per heavy atom. The summed E-state index contributed by atoms with van der Waals surface area (Å²) in [7, 11) is 0. The van der Waals surface area contributed by atoms with E-state index in [1.165, 1.54) is 4.57 Å². The fraction of sp³-hybridized carbons (Fsp3) is 0.222. The first-order valence-corrected chi connectivity index (χ1v) is 4.93. The van der Waals surface area contributed by atoms with Crippen LogP contribution in [0.15, 0.2) is 18.6 Å². The van der Waals surface area contributed by atoms with Crippen LogP contribution in [0.5, 0.6) is 0 Å². The second-order valence-corrected chi connectivity index (χ2v) is 3.26. The molecule has 8 heteroatoms. The number of nitro groups is 1. The molecule has 2 rings (SSSR count). The highest BCUT2D eigenvalue weighted by molar-refractivity contribution is 5.48. The van der Waals surface area contributed by atoms with Crippen molar-refractivity contribution in [2.45, 2.75) is 13.3 Å². The zero-order valence-corrected chi connectivity index (χ0v) is 9.07. The van der Waals surface area contributed by atoms with Crippen LogP contribution < -0.4 is 5.73 Å². The van der Waals surface area contributed by atoms with Crippen molar-refractivity contribution in [3.05, 3.63) is 34.5 Å². The third-order valence-electron chi connectivity index (χ3n) is 2.23. The molecule has 2 aromatic heterocycles. The first-order valence-electron chi connectivity index (χ1n) is 4.93. The van der Waals surface area contributed by atoms with E-state index in [1.54, 1.807) is 12.4 Å². The van der Waals surface area contributed by atoms with Gasteiger partial charge in [-0.15, -0.1) is 0 Å². The lowest BCUT2D eigenvalue weighted by molar-refractivity contribution is -0.385. The van der Waals surface area contributed by atoms with Gasteiger partial charge >= 0.3 is 5.69 Å². The highest BCUT2D eigenvalue weighted by Crippen LogP contribution is 2.21. The molecule has 0 aliphatic rings. The first kappa shape index (κ1) is 11.0. The molecule has 0 aliphatic heterocycles. The largest absolute Gasteiger partial charge is 0.368 e. The van der Waals surface area contributed by atoms with Crippen molar-refractivity contribution in [1.29, 1.82) is 0 Å². The topological polar surface area (TPSA) is 113 Å². The summed E-state index contributed by atoms with van der Waals surface area (Å²) in [6.07, 6.45) is 4.89. The van der Waals surface area contributed by atoms with E-state index in [-0.39, 0.29) is 17.5 Å². The van der Waals surface area contributed by atoms with Crippen molar-refractivity contribution in [1.82, 2.24) is 19.5 Å². The Kier molecular flexibility index (Phi) is 2.69. The van der Waals surface area contributed by atoms with Crippen LogP contribution >= 0.6 is 0 Å². The zero-order valence-electron chi connectivity index (χ0n) is 9.07. The number of hydrogen-bond donors (Lipinski definition) is 1. The Bertz CT molecular complexity index is 564. The van der Waals surface area contributed by atoms with Gasteiger partial charge in [0.25, 0.3) is 0 Å². The van der Waals surface area contributed by atoms with Crippen LogP contribution in [-0.2, 0) is 6.42 Å². The quantitative estimate of drug-likeness (QED) is 0.618. The van der Waals surface area contributed by atoms with E-state index in [2.05, 4.69) is 15.0 Å². The third kappa shape index (κ3) is 1.92. The van der Waals surface area contributed by atoms with E-state index in [9.17, 15) is 10.1 Å². The molecule has 0 saturated heterocycles. The van der Waals surface area contributed by atoms with Crippen molar-refractivity contribution >= 4 is 11.6 Å². The van der Waals surface area contributed by atoms with Crippen LogP contribution in [0.25, 0.3) is 5.82 Å². The molecule has 0 bridgehead atoms. The minimum Gasteiger partial charge on any atom is -0.368 e. The number of rotatable bonds is 3. The molecule has 8 nitrogen and oxygen atoms in total. The number of aromatic nitrogens is 4. The van der Waals surface area contributed by atoms with Crippen molar-refractivity contribution in [3.63, 3.8) is 0 Å². The van der Waals surface area contributed by atoms with Gasteiger partial charge in [0.2, 0.25) is 11.8 Å². The Hall–Kier alpha value is -2.51. The maximum Gasteiger partial charge on any atom is 0.330 e. The average Bonchev–Trinajstić information content (AvgIpc) is 2.76. The van der Waals surface area contributed by atoms with Gasteiger partial charge in [-0.1, -0.05) is 6.92 Å². The van der Waals surface area contributed by atoms with Crippen LogP contribution in [0.3, 0.4) is 0 Å². The van der Waals surface area contributed by atoms with Crippen molar-refractivity contribution in [2.75, 3.05) is 5.73 Å². The van der Waals surface area contributed by atoms with Gasteiger partial charge < -0.3 is 5.73 Å². The van der Waals surface area contributed by atoms with Crippen LogP contribution in [0.2, 0.25) is 0 Å². The lowest BCUT2D eigenvalue weighted by Crippen LogP contribution is -2.08. The molecule has 2 heterocycles. The number of nitrogens with zero attached hydrogens (tertiary/aromatic N) is 5. The Morgan fingerprint density at radius 1 is 1.53 bits per heavy atom. The predicted octanol–water partition coefficient (Wildman–Crippen LogP) is 0.715. The summed E-state index contributed by atoms with van der Waals surface area (Å²) in [5.41, 5.74) is 5.24. The molecule has 2 N–H and O–H groups in total. The van der Waals surface area contributed by atoms with E-state index < -0.39 is 4.92 Å². The van der Waals surface area contributed by atoms with E-state index >= 15 is 0 Å². The molecule has 0 saturated carbocycles. The van der Waals surface area contributed by atoms with E-state index in [0.717, 1.165) is 6.20 Å². The van der Waals surface area contributed by atoms with Gasteiger partial charge in [0.1, 0.15) is 12.0 Å². The smallest absolute Gasteiger partial charge is 0.330 e. The Balaban J connectivity index is 2.65. The highest BCUT2D eigenvalue weighted by atomic mass is 16.6.